The lowest BCUT2D eigenvalue weighted by Crippen LogP contribution is -2.29. The van der Waals surface area contributed by atoms with Crippen molar-refractivity contribution in [1.29, 1.82) is 0 Å². The number of para-hydroxylation sites is 1. The number of rotatable bonds is 11. The molecule has 2 aromatic carbocycles. The number of nitrogens with one attached hydrogen (secondary N) is 2. The van der Waals surface area contributed by atoms with Gasteiger partial charge in [0.15, 0.2) is 0 Å². The van der Waals surface area contributed by atoms with Gasteiger partial charge in [-0.1, -0.05) is 24.8 Å². The van der Waals surface area contributed by atoms with Crippen molar-refractivity contribution in [3.8, 4) is 17.0 Å². The highest BCUT2D eigenvalue weighted by Gasteiger charge is 2.19. The van der Waals surface area contributed by atoms with Gasteiger partial charge >= 0.3 is 6.55 Å². The molecule has 204 valence electrons. The molecular weight excluding hydrogens is 504 g/mol. The van der Waals surface area contributed by atoms with Crippen molar-refractivity contribution in [2.45, 2.75) is 6.55 Å². The maximum Gasteiger partial charge on any atom is 0.319 e. The number of hydrogen-bond acceptors (Lipinski definition) is 7. The van der Waals surface area contributed by atoms with Gasteiger partial charge in [-0.25, -0.2) is 9.97 Å². The quantitative estimate of drug-likeness (QED) is 0.250. The zero-order chi connectivity index (χ0) is 28.1. The van der Waals surface area contributed by atoms with Crippen LogP contribution < -0.4 is 20.3 Å². The van der Waals surface area contributed by atoms with Gasteiger partial charge in [0.2, 0.25) is 11.9 Å². The molecule has 0 unspecified atom stereocenters. The van der Waals surface area contributed by atoms with Gasteiger partial charge in [0.1, 0.15) is 5.75 Å². The average molecular weight is 536 g/mol. The predicted octanol–water partition coefficient (Wildman–Crippen LogP) is 5.37. The van der Waals surface area contributed by atoms with Crippen molar-refractivity contribution in [1.82, 2.24) is 19.4 Å². The minimum atomic E-state index is -2.69. The van der Waals surface area contributed by atoms with Gasteiger partial charge in [-0.2, -0.15) is 8.78 Å². The molecule has 2 N–H and O–H groups in total. The number of carbonyl (C=O) groups excluding carboxylic acids is 1. The number of anilines is 4. The number of hydrogen-bond donors (Lipinski definition) is 2. The fourth-order valence-electron chi connectivity index (χ4n) is 4.17. The topological polar surface area (TPSA) is 87.5 Å². The molecule has 0 atom stereocenters. The molecule has 4 rings (SSSR count). The number of fused-ring (bicyclic) bond motifs is 1. The number of likely N-dealkylation sites (N-methyl/N-ethyl adjacent to an activating group) is 2. The molecule has 39 heavy (non-hydrogen) atoms. The van der Waals surface area contributed by atoms with Crippen molar-refractivity contribution in [3.05, 3.63) is 67.5 Å². The molecule has 0 radical (unpaired) electrons. The van der Waals surface area contributed by atoms with Crippen LogP contribution in [-0.4, -0.2) is 66.7 Å². The number of nitrogens with zero attached hydrogens (tertiary/aromatic N) is 5. The van der Waals surface area contributed by atoms with Gasteiger partial charge in [0.25, 0.3) is 0 Å². The van der Waals surface area contributed by atoms with Gasteiger partial charge in [0, 0.05) is 49.5 Å². The predicted molar refractivity (Wildman–Crippen MR) is 151 cm³/mol. The third-order valence-corrected chi connectivity index (χ3v) is 6.18. The number of benzene rings is 2. The molecule has 0 fully saturated rings. The van der Waals surface area contributed by atoms with E-state index in [2.05, 4.69) is 32.1 Å². The van der Waals surface area contributed by atoms with Crippen LogP contribution in [0.1, 0.15) is 6.55 Å². The molecular formula is C28H31F2N7O2. The van der Waals surface area contributed by atoms with Crippen molar-refractivity contribution >= 4 is 39.8 Å². The summed E-state index contributed by atoms with van der Waals surface area (Å²) in [7, 11) is 7.45. The molecule has 2 heterocycles. The van der Waals surface area contributed by atoms with Gasteiger partial charge < -0.3 is 25.2 Å². The van der Waals surface area contributed by atoms with E-state index in [0.717, 1.165) is 16.8 Å². The van der Waals surface area contributed by atoms with E-state index in [1.807, 2.05) is 32.1 Å². The van der Waals surface area contributed by atoms with Crippen LogP contribution in [0.2, 0.25) is 0 Å². The highest BCUT2D eigenvalue weighted by atomic mass is 19.3. The van der Waals surface area contributed by atoms with E-state index in [-0.39, 0.29) is 11.9 Å². The van der Waals surface area contributed by atoms with E-state index in [0.29, 0.717) is 45.8 Å². The second-order valence-electron chi connectivity index (χ2n) is 9.12. The van der Waals surface area contributed by atoms with Gasteiger partial charge in [-0.05, 0) is 38.4 Å². The van der Waals surface area contributed by atoms with Crippen LogP contribution in [0, 0.1) is 0 Å². The highest BCUT2D eigenvalue weighted by Crippen LogP contribution is 2.38. The number of carbonyl (C=O) groups is 1. The number of halogens is 2. The summed E-state index contributed by atoms with van der Waals surface area (Å²) in [6.07, 6.45) is 4.14. The van der Waals surface area contributed by atoms with Crippen molar-refractivity contribution < 1.29 is 18.3 Å². The molecule has 0 aliphatic carbocycles. The number of amides is 1. The van der Waals surface area contributed by atoms with Crippen molar-refractivity contribution in [3.63, 3.8) is 0 Å². The summed E-state index contributed by atoms with van der Waals surface area (Å²) in [4.78, 5) is 25.2. The maximum atomic E-state index is 13.7. The monoisotopic (exact) mass is 535 g/mol. The fraction of sp³-hybridized carbons (Fsp3) is 0.250. The van der Waals surface area contributed by atoms with Gasteiger partial charge in [-0.3, -0.25) is 9.36 Å². The maximum absolute atomic E-state index is 13.7. The lowest BCUT2D eigenvalue weighted by atomic mass is 10.1. The molecule has 4 aromatic rings. The Morgan fingerprint density at radius 2 is 1.92 bits per heavy atom. The Morgan fingerprint density at radius 1 is 1.15 bits per heavy atom. The largest absolute Gasteiger partial charge is 0.494 e. The van der Waals surface area contributed by atoms with E-state index >= 15 is 0 Å². The minimum absolute atomic E-state index is 0.231. The zero-order valence-electron chi connectivity index (χ0n) is 22.3. The molecule has 0 saturated carbocycles. The summed E-state index contributed by atoms with van der Waals surface area (Å²) in [6, 6.07) is 12.2. The summed E-state index contributed by atoms with van der Waals surface area (Å²) in [6.45, 7) is 2.36. The lowest BCUT2D eigenvalue weighted by Gasteiger charge is -2.26. The summed E-state index contributed by atoms with van der Waals surface area (Å²) >= 11 is 0. The smallest absolute Gasteiger partial charge is 0.319 e. The first-order valence-corrected chi connectivity index (χ1v) is 12.2. The van der Waals surface area contributed by atoms with E-state index in [1.165, 1.54) is 12.3 Å². The molecule has 0 spiro atoms. The Balaban J connectivity index is 1.72. The molecule has 1 amide bonds. The molecule has 0 saturated heterocycles. The van der Waals surface area contributed by atoms with Crippen molar-refractivity contribution in [2.75, 3.05) is 56.9 Å². The van der Waals surface area contributed by atoms with E-state index in [4.69, 9.17) is 4.74 Å². The summed E-state index contributed by atoms with van der Waals surface area (Å²) < 4.78 is 33.9. The number of ether oxygens (including phenoxy) is 1. The molecule has 9 nitrogen and oxygen atoms in total. The van der Waals surface area contributed by atoms with Crippen LogP contribution in [0.25, 0.3) is 22.2 Å². The second kappa shape index (κ2) is 11.9. The Labute approximate surface area is 225 Å². The minimum Gasteiger partial charge on any atom is -0.494 e. The highest BCUT2D eigenvalue weighted by molar-refractivity contribution is 6.02. The normalized spacial score (nSPS) is 11.2. The number of methoxy groups -OCH3 is 1. The lowest BCUT2D eigenvalue weighted by molar-refractivity contribution is -0.111. The molecule has 0 bridgehead atoms. The van der Waals surface area contributed by atoms with Crippen LogP contribution in [-0.2, 0) is 4.79 Å². The first kappa shape index (κ1) is 27.5. The SMILES string of the molecule is C=CC(=O)Nc1cc(Nc2nccc(-c3cn(C(F)F)c4ccccc34)n2)c(OC)cc1N(C)CCN(C)C. The summed E-state index contributed by atoms with van der Waals surface area (Å²) in [5, 5.41) is 6.66. The number of alkyl halides is 2. The molecule has 11 heteroatoms. The van der Waals surface area contributed by atoms with Gasteiger partial charge in [-0.15, -0.1) is 0 Å². The van der Waals surface area contributed by atoms with Crippen LogP contribution in [0.5, 0.6) is 5.75 Å². The van der Waals surface area contributed by atoms with Crippen molar-refractivity contribution in [2.24, 2.45) is 0 Å². The first-order chi connectivity index (χ1) is 18.7. The Bertz CT molecular complexity index is 1490. The number of aromatic nitrogens is 3. The standard InChI is InChI=1S/C28H31F2N7O2/c1-6-26(38)32-21-15-22(25(39-5)16-24(21)36(4)14-13-35(2)3)34-28-31-12-11-20(33-28)19-17-37(27(29)30)23-10-8-7-9-18(19)23/h6-12,15-17,27H,1,13-14H2,2-5H3,(H,32,38)(H,31,33,34). The third-order valence-electron chi connectivity index (χ3n) is 6.18. The third kappa shape index (κ3) is 6.15. The Kier molecular flexibility index (Phi) is 8.40. The average Bonchev–Trinajstić information content (AvgIpc) is 3.32. The second-order valence-corrected chi connectivity index (χ2v) is 9.12. The Morgan fingerprint density at radius 3 is 2.62 bits per heavy atom. The summed E-state index contributed by atoms with van der Waals surface area (Å²) in [5.41, 5.74) is 3.24. The zero-order valence-corrected chi connectivity index (χ0v) is 22.3. The fourth-order valence-corrected chi connectivity index (χ4v) is 4.17. The van der Waals surface area contributed by atoms with E-state index < -0.39 is 6.55 Å². The summed E-state index contributed by atoms with van der Waals surface area (Å²) in [5.74, 6) is 0.373. The molecule has 0 aliphatic heterocycles. The van der Waals surface area contributed by atoms with Crippen LogP contribution in [0.15, 0.2) is 67.5 Å². The molecule has 0 aliphatic rings. The van der Waals surface area contributed by atoms with E-state index in [1.54, 1.807) is 49.7 Å². The molecule has 2 aromatic heterocycles. The van der Waals surface area contributed by atoms with Crippen LogP contribution in [0.4, 0.5) is 31.8 Å². The van der Waals surface area contributed by atoms with Crippen LogP contribution >= 0.6 is 0 Å². The van der Waals surface area contributed by atoms with Crippen LogP contribution in [0.3, 0.4) is 0 Å². The Hall–Kier alpha value is -4.51. The van der Waals surface area contributed by atoms with Gasteiger partial charge in [0.05, 0.1) is 35.4 Å². The van der Waals surface area contributed by atoms with E-state index in [9.17, 15) is 13.6 Å². The first-order valence-electron chi connectivity index (χ1n) is 12.2.